The molecule has 2 aromatic rings. The van der Waals surface area contributed by atoms with E-state index in [2.05, 4.69) is 15.9 Å². The molecule has 2 rings (SSSR count). The Bertz CT molecular complexity index is 653. The van der Waals surface area contributed by atoms with Gasteiger partial charge in [-0.3, -0.25) is 0 Å². The van der Waals surface area contributed by atoms with Gasteiger partial charge in [-0.05, 0) is 39.5 Å². The minimum Gasteiger partial charge on any atom is -0.496 e. The molecular formula is C14H13BrO5S. The summed E-state index contributed by atoms with van der Waals surface area (Å²) in [7, 11) is 3.13. The molecule has 0 saturated heterocycles. The van der Waals surface area contributed by atoms with Crippen molar-refractivity contribution in [3.05, 3.63) is 38.5 Å². The lowest BCUT2D eigenvalue weighted by Gasteiger charge is -2.13. The lowest BCUT2D eigenvalue weighted by Crippen LogP contribution is -2.02. The molecule has 0 radical (unpaired) electrons. The number of carboxylic acids is 1. The maximum atomic E-state index is 11.0. The maximum Gasteiger partial charge on any atom is 0.349 e. The Kier molecular flexibility index (Phi) is 5.08. The molecule has 7 heteroatoms. The Labute approximate surface area is 134 Å². The van der Waals surface area contributed by atoms with Gasteiger partial charge in [-0.25, -0.2) is 4.79 Å². The van der Waals surface area contributed by atoms with Gasteiger partial charge in [-0.2, -0.15) is 0 Å². The third-order valence-corrected chi connectivity index (χ3v) is 4.26. The van der Waals surface area contributed by atoms with Crippen molar-refractivity contribution in [3.63, 3.8) is 0 Å². The van der Waals surface area contributed by atoms with E-state index < -0.39 is 5.97 Å². The van der Waals surface area contributed by atoms with E-state index in [-0.39, 0.29) is 11.5 Å². The van der Waals surface area contributed by atoms with Gasteiger partial charge in [0.05, 0.1) is 18.7 Å². The van der Waals surface area contributed by atoms with Crippen molar-refractivity contribution in [3.8, 4) is 17.2 Å². The average molecular weight is 373 g/mol. The Balaban J connectivity index is 2.23. The largest absolute Gasteiger partial charge is 0.496 e. The third kappa shape index (κ3) is 3.48. The van der Waals surface area contributed by atoms with E-state index in [1.165, 1.54) is 0 Å². The number of rotatable bonds is 6. The SMILES string of the molecule is COc1cc(COc2ccsc2C(=O)O)c(OC)cc1Br. The molecule has 1 heterocycles. The van der Waals surface area contributed by atoms with Crippen LogP contribution in [0.2, 0.25) is 0 Å². The van der Waals surface area contributed by atoms with Crippen molar-refractivity contribution in [1.29, 1.82) is 0 Å². The van der Waals surface area contributed by atoms with Gasteiger partial charge in [0.25, 0.3) is 0 Å². The van der Waals surface area contributed by atoms with Gasteiger partial charge in [-0.1, -0.05) is 0 Å². The molecule has 0 saturated carbocycles. The van der Waals surface area contributed by atoms with E-state index in [0.717, 1.165) is 21.4 Å². The molecule has 0 amide bonds. The number of ether oxygens (including phenoxy) is 3. The molecule has 0 aliphatic carbocycles. The van der Waals surface area contributed by atoms with Gasteiger partial charge in [-0.15, -0.1) is 11.3 Å². The highest BCUT2D eigenvalue weighted by Crippen LogP contribution is 2.34. The number of benzene rings is 1. The van der Waals surface area contributed by atoms with Crippen LogP contribution in [-0.4, -0.2) is 25.3 Å². The second-order valence-corrected chi connectivity index (χ2v) is 5.78. The summed E-state index contributed by atoms with van der Waals surface area (Å²) in [6, 6.07) is 5.20. The van der Waals surface area contributed by atoms with Crippen LogP contribution in [0.25, 0.3) is 0 Å². The molecule has 21 heavy (non-hydrogen) atoms. The molecule has 0 bridgehead atoms. The maximum absolute atomic E-state index is 11.0. The topological polar surface area (TPSA) is 65.0 Å². The van der Waals surface area contributed by atoms with Crippen LogP contribution in [0.1, 0.15) is 15.2 Å². The summed E-state index contributed by atoms with van der Waals surface area (Å²) in [6.07, 6.45) is 0. The molecule has 1 aromatic heterocycles. The van der Waals surface area contributed by atoms with Crippen molar-refractivity contribution in [2.75, 3.05) is 14.2 Å². The van der Waals surface area contributed by atoms with Crippen molar-refractivity contribution in [2.45, 2.75) is 6.61 Å². The van der Waals surface area contributed by atoms with E-state index in [4.69, 9.17) is 19.3 Å². The zero-order valence-electron chi connectivity index (χ0n) is 11.4. The van der Waals surface area contributed by atoms with Crippen LogP contribution in [0.5, 0.6) is 17.2 Å². The first kappa shape index (κ1) is 15.7. The number of halogens is 1. The Hall–Kier alpha value is -1.73. The molecule has 1 aromatic carbocycles. The van der Waals surface area contributed by atoms with Crippen molar-refractivity contribution in [1.82, 2.24) is 0 Å². The minimum atomic E-state index is -1.000. The molecule has 0 spiro atoms. The number of methoxy groups -OCH3 is 2. The average Bonchev–Trinajstić information content (AvgIpc) is 2.94. The predicted molar refractivity (Wildman–Crippen MR) is 82.9 cm³/mol. The second kappa shape index (κ2) is 6.82. The second-order valence-electron chi connectivity index (χ2n) is 4.01. The summed E-state index contributed by atoms with van der Waals surface area (Å²) in [6.45, 7) is 0.184. The molecule has 0 aliphatic rings. The third-order valence-electron chi connectivity index (χ3n) is 2.76. The highest BCUT2D eigenvalue weighted by atomic mass is 79.9. The van der Waals surface area contributed by atoms with Crippen molar-refractivity contribution in [2.24, 2.45) is 0 Å². The molecule has 0 fully saturated rings. The van der Waals surface area contributed by atoms with Gasteiger partial charge in [0.15, 0.2) is 4.88 Å². The molecular weight excluding hydrogens is 360 g/mol. The first-order valence-corrected chi connectivity index (χ1v) is 7.58. The molecule has 0 atom stereocenters. The zero-order chi connectivity index (χ0) is 15.4. The van der Waals surface area contributed by atoms with Crippen LogP contribution >= 0.6 is 27.3 Å². The molecule has 5 nitrogen and oxygen atoms in total. The number of hydrogen-bond acceptors (Lipinski definition) is 5. The fourth-order valence-corrected chi connectivity index (χ4v) is 2.91. The quantitative estimate of drug-likeness (QED) is 0.834. The van der Waals surface area contributed by atoms with Gasteiger partial charge < -0.3 is 19.3 Å². The summed E-state index contributed by atoms with van der Waals surface area (Å²) in [5, 5.41) is 10.7. The number of aromatic carboxylic acids is 1. The summed E-state index contributed by atoms with van der Waals surface area (Å²) < 4.78 is 16.9. The predicted octanol–water partition coefficient (Wildman–Crippen LogP) is 3.81. The van der Waals surface area contributed by atoms with Crippen LogP contribution in [-0.2, 0) is 6.61 Å². The van der Waals surface area contributed by atoms with E-state index in [1.54, 1.807) is 37.8 Å². The van der Waals surface area contributed by atoms with Crippen LogP contribution in [0.3, 0.4) is 0 Å². The zero-order valence-corrected chi connectivity index (χ0v) is 13.8. The van der Waals surface area contributed by atoms with Gasteiger partial charge in [0, 0.05) is 5.56 Å². The number of thiophene rings is 1. The normalized spacial score (nSPS) is 10.2. The van der Waals surface area contributed by atoms with Crippen molar-refractivity contribution >= 4 is 33.2 Å². The van der Waals surface area contributed by atoms with Crippen molar-refractivity contribution < 1.29 is 24.1 Å². The summed E-state index contributed by atoms with van der Waals surface area (Å²) in [5.74, 6) is 0.629. The van der Waals surface area contributed by atoms with Gasteiger partial charge in [0.2, 0.25) is 0 Å². The van der Waals surface area contributed by atoms with E-state index in [0.29, 0.717) is 17.2 Å². The molecule has 0 unspecified atom stereocenters. The van der Waals surface area contributed by atoms with Crippen LogP contribution in [0.15, 0.2) is 28.1 Å². The number of carbonyl (C=O) groups is 1. The Morgan fingerprint density at radius 1 is 1.24 bits per heavy atom. The minimum absolute atomic E-state index is 0.179. The Morgan fingerprint density at radius 2 is 1.95 bits per heavy atom. The highest BCUT2D eigenvalue weighted by molar-refractivity contribution is 9.10. The number of hydrogen-bond donors (Lipinski definition) is 1. The molecule has 1 N–H and O–H groups in total. The van der Waals surface area contributed by atoms with Crippen LogP contribution < -0.4 is 14.2 Å². The van der Waals surface area contributed by atoms with Gasteiger partial charge >= 0.3 is 5.97 Å². The lowest BCUT2D eigenvalue weighted by molar-refractivity contribution is 0.0697. The standard InChI is InChI=1S/C14H13BrO5S/c1-18-11-6-9(15)12(19-2)5-8(11)7-20-10-3-4-21-13(10)14(16)17/h3-6H,7H2,1-2H3,(H,16,17). The molecule has 112 valence electrons. The van der Waals surface area contributed by atoms with Gasteiger partial charge in [0.1, 0.15) is 23.9 Å². The number of carboxylic acid groups (broad SMARTS) is 1. The monoisotopic (exact) mass is 372 g/mol. The Morgan fingerprint density at radius 3 is 2.57 bits per heavy atom. The lowest BCUT2D eigenvalue weighted by atomic mass is 10.2. The first-order valence-electron chi connectivity index (χ1n) is 5.90. The summed E-state index contributed by atoms with van der Waals surface area (Å²) in [4.78, 5) is 11.2. The van der Waals surface area contributed by atoms with E-state index >= 15 is 0 Å². The van der Waals surface area contributed by atoms with E-state index in [1.807, 2.05) is 0 Å². The summed E-state index contributed by atoms with van der Waals surface area (Å²) >= 11 is 4.51. The fraction of sp³-hybridized carbons (Fsp3) is 0.214. The van der Waals surface area contributed by atoms with Crippen LogP contribution in [0, 0.1) is 0 Å². The highest BCUT2D eigenvalue weighted by Gasteiger charge is 2.15. The van der Waals surface area contributed by atoms with Crippen LogP contribution in [0.4, 0.5) is 0 Å². The smallest absolute Gasteiger partial charge is 0.349 e. The molecule has 0 aliphatic heterocycles. The van der Waals surface area contributed by atoms with E-state index in [9.17, 15) is 4.79 Å². The fourth-order valence-electron chi connectivity index (χ4n) is 1.76. The first-order chi connectivity index (χ1) is 10.1. The summed E-state index contributed by atoms with van der Waals surface area (Å²) in [5.41, 5.74) is 0.764.